The van der Waals surface area contributed by atoms with Gasteiger partial charge in [-0.15, -0.1) is 11.3 Å². The molecule has 2 heterocycles. The van der Waals surface area contributed by atoms with Gasteiger partial charge in [-0.05, 0) is 12.1 Å². The third-order valence-electron chi connectivity index (χ3n) is 2.54. The molecule has 0 spiro atoms. The number of aromatic nitrogens is 2. The van der Waals surface area contributed by atoms with Gasteiger partial charge >= 0.3 is 5.97 Å². The Hall–Kier alpha value is -1.71. The van der Waals surface area contributed by atoms with Gasteiger partial charge in [0, 0.05) is 31.6 Å². The van der Waals surface area contributed by atoms with Crippen molar-refractivity contribution in [3.8, 4) is 0 Å². The van der Waals surface area contributed by atoms with Gasteiger partial charge in [0.2, 0.25) is 10.0 Å². The van der Waals surface area contributed by atoms with Gasteiger partial charge < -0.3 is 5.11 Å². The molecular weight excluding hydrogens is 302 g/mol. The summed E-state index contributed by atoms with van der Waals surface area (Å²) in [5.74, 6) is -1.13. The molecule has 0 aromatic carbocycles. The van der Waals surface area contributed by atoms with Crippen LogP contribution in [0.25, 0.3) is 0 Å². The van der Waals surface area contributed by atoms with Crippen molar-refractivity contribution in [2.24, 2.45) is 7.05 Å². The standard InChI is InChI=1S/C11H13N3O4S2/c1-14-5-3-8(13-14)2-4-12-20(17,18)9-6-10(11(15)16)19-7-9/h3,5-7,12H,2,4H2,1H3,(H,15,16). The van der Waals surface area contributed by atoms with Crippen LogP contribution < -0.4 is 4.72 Å². The SMILES string of the molecule is Cn1ccc(CCNS(=O)(=O)c2csc(C(=O)O)c2)n1. The topological polar surface area (TPSA) is 101 Å². The Balaban J connectivity index is 1.98. The molecule has 0 saturated heterocycles. The minimum atomic E-state index is -3.67. The lowest BCUT2D eigenvalue weighted by Gasteiger charge is -2.03. The first-order valence-electron chi connectivity index (χ1n) is 5.68. The van der Waals surface area contributed by atoms with Crippen LogP contribution in [-0.4, -0.2) is 35.8 Å². The molecular formula is C11H13N3O4S2. The Kier molecular flexibility index (Phi) is 4.21. The van der Waals surface area contributed by atoms with Gasteiger partial charge in [0.05, 0.1) is 10.6 Å². The van der Waals surface area contributed by atoms with E-state index < -0.39 is 16.0 Å². The van der Waals surface area contributed by atoms with Crippen LogP contribution in [0.3, 0.4) is 0 Å². The zero-order valence-electron chi connectivity index (χ0n) is 10.6. The molecule has 2 aromatic heterocycles. The summed E-state index contributed by atoms with van der Waals surface area (Å²) in [7, 11) is -1.89. The number of aryl methyl sites for hydroxylation is 1. The number of hydrogen-bond donors (Lipinski definition) is 2. The van der Waals surface area contributed by atoms with Crippen LogP contribution in [-0.2, 0) is 23.5 Å². The Morgan fingerprint density at radius 1 is 1.55 bits per heavy atom. The lowest BCUT2D eigenvalue weighted by atomic mass is 10.3. The molecule has 0 fully saturated rings. The van der Waals surface area contributed by atoms with E-state index in [1.165, 1.54) is 5.38 Å². The maximum absolute atomic E-state index is 11.9. The van der Waals surface area contributed by atoms with Crippen molar-refractivity contribution in [3.05, 3.63) is 34.3 Å². The molecule has 7 nitrogen and oxygen atoms in total. The van der Waals surface area contributed by atoms with Crippen molar-refractivity contribution in [2.45, 2.75) is 11.3 Å². The van der Waals surface area contributed by atoms with Crippen molar-refractivity contribution in [1.82, 2.24) is 14.5 Å². The molecule has 2 rings (SSSR count). The summed E-state index contributed by atoms with van der Waals surface area (Å²) in [6.45, 7) is 0.206. The van der Waals surface area contributed by atoms with E-state index in [0.29, 0.717) is 6.42 Å². The number of sulfonamides is 1. The van der Waals surface area contributed by atoms with Gasteiger partial charge in [-0.2, -0.15) is 5.10 Å². The number of nitrogens with one attached hydrogen (secondary N) is 1. The summed E-state index contributed by atoms with van der Waals surface area (Å²) in [6.07, 6.45) is 2.25. The van der Waals surface area contributed by atoms with E-state index >= 15 is 0 Å². The van der Waals surface area contributed by atoms with Crippen LogP contribution in [0.15, 0.2) is 28.6 Å². The smallest absolute Gasteiger partial charge is 0.345 e. The van der Waals surface area contributed by atoms with Crippen LogP contribution in [0.2, 0.25) is 0 Å². The molecule has 2 aromatic rings. The van der Waals surface area contributed by atoms with Crippen LogP contribution >= 0.6 is 11.3 Å². The van der Waals surface area contributed by atoms with Gasteiger partial charge in [-0.1, -0.05) is 0 Å². The van der Waals surface area contributed by atoms with Crippen molar-refractivity contribution in [3.63, 3.8) is 0 Å². The summed E-state index contributed by atoms with van der Waals surface area (Å²) in [6, 6.07) is 2.96. The van der Waals surface area contributed by atoms with E-state index in [2.05, 4.69) is 9.82 Å². The predicted molar refractivity (Wildman–Crippen MR) is 73.4 cm³/mol. The monoisotopic (exact) mass is 315 g/mol. The summed E-state index contributed by atoms with van der Waals surface area (Å²) in [5, 5.41) is 14.2. The molecule has 0 aliphatic heterocycles. The highest BCUT2D eigenvalue weighted by Gasteiger charge is 2.18. The largest absolute Gasteiger partial charge is 0.477 e. The molecule has 0 saturated carbocycles. The lowest BCUT2D eigenvalue weighted by Crippen LogP contribution is -2.25. The number of rotatable bonds is 6. The van der Waals surface area contributed by atoms with Crippen LogP contribution in [0.5, 0.6) is 0 Å². The highest BCUT2D eigenvalue weighted by Crippen LogP contribution is 2.18. The molecule has 20 heavy (non-hydrogen) atoms. The lowest BCUT2D eigenvalue weighted by molar-refractivity contribution is 0.0702. The van der Waals surface area contributed by atoms with Gasteiger partial charge in [0.15, 0.2) is 0 Å². The van der Waals surface area contributed by atoms with Gasteiger partial charge in [-0.25, -0.2) is 17.9 Å². The van der Waals surface area contributed by atoms with Crippen molar-refractivity contribution < 1.29 is 18.3 Å². The first-order valence-corrected chi connectivity index (χ1v) is 8.05. The van der Waals surface area contributed by atoms with E-state index in [1.807, 2.05) is 0 Å². The molecule has 0 aliphatic carbocycles. The number of carboxylic acid groups (broad SMARTS) is 1. The van der Waals surface area contributed by atoms with Crippen molar-refractivity contribution >= 4 is 27.3 Å². The predicted octanol–water partition coefficient (Wildman–Crippen LogP) is 0.701. The zero-order valence-corrected chi connectivity index (χ0v) is 12.2. The third kappa shape index (κ3) is 3.44. The second kappa shape index (κ2) is 5.73. The normalized spacial score (nSPS) is 11.7. The highest BCUT2D eigenvalue weighted by atomic mass is 32.2. The van der Waals surface area contributed by atoms with E-state index in [1.54, 1.807) is 24.0 Å². The molecule has 0 bridgehead atoms. The minimum Gasteiger partial charge on any atom is -0.477 e. The summed E-state index contributed by atoms with van der Waals surface area (Å²) in [5.41, 5.74) is 0.784. The first kappa shape index (κ1) is 14.7. The quantitative estimate of drug-likeness (QED) is 0.817. The highest BCUT2D eigenvalue weighted by molar-refractivity contribution is 7.89. The van der Waals surface area contributed by atoms with Crippen molar-refractivity contribution in [2.75, 3.05) is 6.54 Å². The summed E-state index contributed by atoms with van der Waals surface area (Å²) in [4.78, 5) is 10.7. The maximum Gasteiger partial charge on any atom is 0.345 e. The second-order valence-electron chi connectivity index (χ2n) is 4.08. The van der Waals surface area contributed by atoms with E-state index in [0.717, 1.165) is 23.1 Å². The summed E-state index contributed by atoms with van der Waals surface area (Å²) >= 11 is 0.883. The molecule has 108 valence electrons. The molecule has 2 N–H and O–H groups in total. The molecule has 0 aliphatic rings. The Morgan fingerprint density at radius 3 is 2.85 bits per heavy atom. The molecule has 9 heteroatoms. The van der Waals surface area contributed by atoms with Crippen LogP contribution in [0.1, 0.15) is 15.4 Å². The first-order chi connectivity index (χ1) is 9.38. The third-order valence-corrected chi connectivity index (χ3v) is 5.05. The van der Waals surface area contributed by atoms with E-state index in [9.17, 15) is 13.2 Å². The van der Waals surface area contributed by atoms with E-state index in [-0.39, 0.29) is 16.3 Å². The Bertz CT molecular complexity index is 718. The fourth-order valence-electron chi connectivity index (χ4n) is 1.57. The maximum atomic E-state index is 11.9. The Morgan fingerprint density at radius 2 is 2.30 bits per heavy atom. The van der Waals surface area contributed by atoms with E-state index in [4.69, 9.17) is 5.11 Å². The molecule has 0 atom stereocenters. The average Bonchev–Trinajstić information content (AvgIpc) is 2.98. The average molecular weight is 315 g/mol. The summed E-state index contributed by atoms with van der Waals surface area (Å²) < 4.78 is 27.9. The number of carboxylic acids is 1. The molecule has 0 radical (unpaired) electrons. The van der Waals surface area contributed by atoms with Gasteiger partial charge in [-0.3, -0.25) is 4.68 Å². The number of aromatic carboxylic acids is 1. The minimum absolute atomic E-state index is 0.00454. The van der Waals surface area contributed by atoms with Crippen LogP contribution in [0, 0.1) is 0 Å². The fourth-order valence-corrected chi connectivity index (χ4v) is 3.71. The van der Waals surface area contributed by atoms with Crippen molar-refractivity contribution in [1.29, 1.82) is 0 Å². The number of carbonyl (C=O) groups is 1. The van der Waals surface area contributed by atoms with Gasteiger partial charge in [0.1, 0.15) is 4.88 Å². The number of hydrogen-bond acceptors (Lipinski definition) is 5. The molecule has 0 unspecified atom stereocenters. The Labute approximate surface area is 119 Å². The molecule has 0 amide bonds. The second-order valence-corrected chi connectivity index (χ2v) is 6.76. The van der Waals surface area contributed by atoms with Gasteiger partial charge in [0.25, 0.3) is 0 Å². The number of thiophene rings is 1. The van der Waals surface area contributed by atoms with Crippen LogP contribution in [0.4, 0.5) is 0 Å². The zero-order chi connectivity index (χ0) is 14.8. The fraction of sp³-hybridized carbons (Fsp3) is 0.273. The number of nitrogens with zero attached hydrogens (tertiary/aromatic N) is 2.